The molecule has 1 rings (SSSR count). The van der Waals surface area contributed by atoms with Crippen molar-refractivity contribution in [2.45, 2.75) is 19.4 Å². The Morgan fingerprint density at radius 2 is 2.15 bits per heavy atom. The maximum atomic E-state index is 8.80. The molecule has 72 valence electrons. The van der Waals surface area contributed by atoms with Gasteiger partial charge in [0, 0.05) is 10.5 Å². The number of rotatable bonds is 3. The third kappa shape index (κ3) is 3.46. The van der Waals surface area contributed by atoms with Crippen LogP contribution in [0.1, 0.15) is 11.1 Å². The number of aliphatic hydroxyl groups excluding tert-OH is 1. The van der Waals surface area contributed by atoms with E-state index in [1.165, 1.54) is 5.56 Å². The molecule has 1 atom stereocenters. The van der Waals surface area contributed by atoms with Crippen LogP contribution in [0, 0.1) is 6.92 Å². The highest BCUT2D eigenvalue weighted by molar-refractivity contribution is 9.10. The van der Waals surface area contributed by atoms with Gasteiger partial charge in [0.05, 0.1) is 6.61 Å². The van der Waals surface area contributed by atoms with Crippen LogP contribution < -0.4 is 5.73 Å². The van der Waals surface area contributed by atoms with Gasteiger partial charge in [-0.15, -0.1) is 0 Å². The van der Waals surface area contributed by atoms with Gasteiger partial charge in [-0.25, -0.2) is 0 Å². The van der Waals surface area contributed by atoms with Crippen molar-refractivity contribution in [3.8, 4) is 0 Å². The van der Waals surface area contributed by atoms with Gasteiger partial charge in [-0.3, -0.25) is 0 Å². The maximum Gasteiger partial charge on any atom is 0.0585 e. The van der Waals surface area contributed by atoms with Crippen LogP contribution in [0.5, 0.6) is 0 Å². The lowest BCUT2D eigenvalue weighted by atomic mass is 10.1. The van der Waals surface area contributed by atoms with Gasteiger partial charge in [0.2, 0.25) is 0 Å². The maximum absolute atomic E-state index is 8.80. The lowest BCUT2D eigenvalue weighted by molar-refractivity contribution is 0.265. The van der Waals surface area contributed by atoms with Crippen LogP contribution in [-0.4, -0.2) is 17.8 Å². The summed E-state index contributed by atoms with van der Waals surface area (Å²) in [6.45, 7) is 2.07. The molecule has 0 aliphatic heterocycles. The molecule has 13 heavy (non-hydrogen) atoms. The fourth-order valence-corrected chi connectivity index (χ4v) is 1.95. The average molecular weight is 244 g/mol. The standard InChI is InChI=1S/C10H14BrNO/c1-7-2-8(4-9(11)3-7)5-10(12)6-13/h2-4,10,13H,5-6,12H2,1H3. The van der Waals surface area contributed by atoms with Crippen LogP contribution in [0.3, 0.4) is 0 Å². The lowest BCUT2D eigenvalue weighted by Gasteiger charge is -2.08. The monoisotopic (exact) mass is 243 g/mol. The number of halogens is 1. The Balaban J connectivity index is 2.77. The zero-order chi connectivity index (χ0) is 9.84. The summed E-state index contributed by atoms with van der Waals surface area (Å²) >= 11 is 3.42. The Morgan fingerprint density at radius 3 is 2.69 bits per heavy atom. The zero-order valence-electron chi connectivity index (χ0n) is 7.63. The molecule has 0 saturated carbocycles. The first-order valence-corrected chi connectivity index (χ1v) is 5.03. The van der Waals surface area contributed by atoms with Crippen LogP contribution in [-0.2, 0) is 6.42 Å². The molecule has 1 aromatic carbocycles. The molecule has 3 N–H and O–H groups in total. The molecule has 0 aliphatic carbocycles. The minimum atomic E-state index is -0.159. The van der Waals surface area contributed by atoms with Crippen molar-refractivity contribution in [2.75, 3.05) is 6.61 Å². The van der Waals surface area contributed by atoms with E-state index >= 15 is 0 Å². The SMILES string of the molecule is Cc1cc(Br)cc(CC(N)CO)c1. The smallest absolute Gasteiger partial charge is 0.0585 e. The molecule has 2 nitrogen and oxygen atoms in total. The molecule has 1 aromatic rings. The second kappa shape index (κ2) is 4.74. The number of benzene rings is 1. The highest BCUT2D eigenvalue weighted by atomic mass is 79.9. The van der Waals surface area contributed by atoms with Crippen LogP contribution in [0.4, 0.5) is 0 Å². The zero-order valence-corrected chi connectivity index (χ0v) is 9.21. The third-order valence-electron chi connectivity index (χ3n) is 1.83. The summed E-state index contributed by atoms with van der Waals surface area (Å²) in [6.07, 6.45) is 0.719. The van der Waals surface area contributed by atoms with Crippen molar-refractivity contribution in [3.05, 3.63) is 33.8 Å². The van der Waals surface area contributed by atoms with Crippen molar-refractivity contribution in [1.82, 2.24) is 0 Å². The first kappa shape index (κ1) is 10.7. The van der Waals surface area contributed by atoms with E-state index in [0.717, 1.165) is 16.5 Å². The Morgan fingerprint density at radius 1 is 1.46 bits per heavy atom. The number of hydrogen-bond acceptors (Lipinski definition) is 2. The Hall–Kier alpha value is -0.380. The van der Waals surface area contributed by atoms with E-state index in [-0.39, 0.29) is 12.6 Å². The first-order valence-electron chi connectivity index (χ1n) is 4.24. The summed E-state index contributed by atoms with van der Waals surface area (Å²) in [5.74, 6) is 0. The van der Waals surface area contributed by atoms with E-state index < -0.39 is 0 Å². The summed E-state index contributed by atoms with van der Waals surface area (Å²) in [5.41, 5.74) is 8.00. The molecule has 1 unspecified atom stereocenters. The summed E-state index contributed by atoms with van der Waals surface area (Å²) in [7, 11) is 0. The Labute approximate surface area is 86.9 Å². The second-order valence-electron chi connectivity index (χ2n) is 3.28. The predicted octanol–water partition coefficient (Wildman–Crippen LogP) is 1.62. The van der Waals surface area contributed by atoms with Crippen LogP contribution in [0.25, 0.3) is 0 Å². The molecular formula is C10H14BrNO. The molecule has 0 saturated heterocycles. The van der Waals surface area contributed by atoms with Crippen molar-refractivity contribution < 1.29 is 5.11 Å². The van der Waals surface area contributed by atoms with Crippen molar-refractivity contribution >= 4 is 15.9 Å². The van der Waals surface area contributed by atoms with E-state index in [0.29, 0.717) is 0 Å². The third-order valence-corrected chi connectivity index (χ3v) is 2.29. The number of aliphatic hydroxyl groups is 1. The average Bonchev–Trinajstić information content (AvgIpc) is 2.02. The van der Waals surface area contributed by atoms with E-state index in [4.69, 9.17) is 10.8 Å². The summed E-state index contributed by atoms with van der Waals surface area (Å²) < 4.78 is 1.06. The first-order chi connectivity index (χ1) is 6.11. The van der Waals surface area contributed by atoms with Gasteiger partial charge in [-0.1, -0.05) is 22.0 Å². The van der Waals surface area contributed by atoms with E-state index in [2.05, 4.69) is 22.0 Å². The molecule has 0 spiro atoms. The summed E-state index contributed by atoms with van der Waals surface area (Å²) in [4.78, 5) is 0. The highest BCUT2D eigenvalue weighted by Crippen LogP contribution is 2.16. The van der Waals surface area contributed by atoms with Crippen molar-refractivity contribution in [3.63, 3.8) is 0 Å². The number of nitrogens with two attached hydrogens (primary N) is 1. The molecule has 0 bridgehead atoms. The van der Waals surface area contributed by atoms with E-state index in [1.807, 2.05) is 19.1 Å². The Kier molecular flexibility index (Phi) is 3.90. The quantitative estimate of drug-likeness (QED) is 0.848. The van der Waals surface area contributed by atoms with Gasteiger partial charge in [-0.2, -0.15) is 0 Å². The minimum absolute atomic E-state index is 0.0333. The Bertz CT molecular complexity index is 268. The van der Waals surface area contributed by atoms with Crippen molar-refractivity contribution in [2.24, 2.45) is 5.73 Å². The predicted molar refractivity (Wildman–Crippen MR) is 57.6 cm³/mol. The second-order valence-corrected chi connectivity index (χ2v) is 4.20. The van der Waals surface area contributed by atoms with Crippen molar-refractivity contribution in [1.29, 1.82) is 0 Å². The molecule has 0 aromatic heterocycles. The van der Waals surface area contributed by atoms with Gasteiger partial charge in [0.15, 0.2) is 0 Å². The van der Waals surface area contributed by atoms with Crippen LogP contribution in [0.2, 0.25) is 0 Å². The van der Waals surface area contributed by atoms with E-state index in [1.54, 1.807) is 0 Å². The fourth-order valence-electron chi connectivity index (χ4n) is 1.30. The van der Waals surface area contributed by atoms with E-state index in [9.17, 15) is 0 Å². The van der Waals surface area contributed by atoms with Gasteiger partial charge >= 0.3 is 0 Å². The fraction of sp³-hybridized carbons (Fsp3) is 0.400. The normalized spacial score (nSPS) is 12.9. The van der Waals surface area contributed by atoms with Crippen LogP contribution in [0.15, 0.2) is 22.7 Å². The molecular weight excluding hydrogens is 230 g/mol. The topological polar surface area (TPSA) is 46.2 Å². The number of hydrogen-bond donors (Lipinski definition) is 2. The lowest BCUT2D eigenvalue weighted by Crippen LogP contribution is -2.26. The molecule has 0 aliphatic rings. The molecule has 0 fully saturated rings. The summed E-state index contributed by atoms with van der Waals surface area (Å²) in [6, 6.07) is 6.00. The van der Waals surface area contributed by atoms with Gasteiger partial charge in [0.25, 0.3) is 0 Å². The van der Waals surface area contributed by atoms with Gasteiger partial charge in [-0.05, 0) is 36.6 Å². The van der Waals surface area contributed by atoms with Crippen LogP contribution >= 0.6 is 15.9 Å². The minimum Gasteiger partial charge on any atom is -0.395 e. The molecule has 0 radical (unpaired) electrons. The highest BCUT2D eigenvalue weighted by Gasteiger charge is 2.03. The summed E-state index contributed by atoms with van der Waals surface area (Å²) in [5, 5.41) is 8.80. The van der Waals surface area contributed by atoms with Gasteiger partial charge in [0.1, 0.15) is 0 Å². The largest absolute Gasteiger partial charge is 0.395 e. The number of aryl methyl sites for hydroxylation is 1. The molecule has 0 amide bonds. The molecule has 0 heterocycles. The van der Waals surface area contributed by atoms with Gasteiger partial charge < -0.3 is 10.8 Å². The molecule has 3 heteroatoms.